The van der Waals surface area contributed by atoms with Gasteiger partial charge in [-0.1, -0.05) is 18.2 Å². The Labute approximate surface area is 177 Å². The SMILES string of the molecule is CCOC(=O)Nc1ccc(NC(=O)c2cc3c(C)nn(-c4ccccc4)c3s2)cc1. The van der Waals surface area contributed by atoms with Crippen LogP contribution >= 0.6 is 11.3 Å². The molecule has 4 rings (SSSR count). The lowest BCUT2D eigenvalue weighted by Crippen LogP contribution is -2.13. The van der Waals surface area contributed by atoms with Crippen molar-refractivity contribution in [3.63, 3.8) is 0 Å². The second-order valence-corrected chi connectivity index (χ2v) is 7.57. The second kappa shape index (κ2) is 8.38. The molecule has 30 heavy (non-hydrogen) atoms. The van der Waals surface area contributed by atoms with Crippen LogP contribution in [0.5, 0.6) is 0 Å². The number of benzene rings is 2. The Morgan fingerprint density at radius 1 is 1.03 bits per heavy atom. The summed E-state index contributed by atoms with van der Waals surface area (Å²) in [6.45, 7) is 3.98. The topological polar surface area (TPSA) is 85.2 Å². The van der Waals surface area contributed by atoms with E-state index in [9.17, 15) is 9.59 Å². The number of hydrogen-bond acceptors (Lipinski definition) is 5. The van der Waals surface area contributed by atoms with Crippen molar-refractivity contribution in [1.29, 1.82) is 0 Å². The van der Waals surface area contributed by atoms with Gasteiger partial charge >= 0.3 is 6.09 Å². The van der Waals surface area contributed by atoms with Crippen molar-refractivity contribution < 1.29 is 14.3 Å². The molecule has 2 heterocycles. The van der Waals surface area contributed by atoms with E-state index in [4.69, 9.17) is 4.74 Å². The Morgan fingerprint density at radius 3 is 2.37 bits per heavy atom. The van der Waals surface area contributed by atoms with Crippen LogP contribution in [0.1, 0.15) is 22.3 Å². The number of carbonyl (C=O) groups is 2. The van der Waals surface area contributed by atoms with Crippen molar-refractivity contribution in [2.75, 3.05) is 17.2 Å². The molecule has 0 bridgehead atoms. The second-order valence-electron chi connectivity index (χ2n) is 6.54. The summed E-state index contributed by atoms with van der Waals surface area (Å²) in [6, 6.07) is 18.6. The van der Waals surface area contributed by atoms with Crippen LogP contribution in [-0.4, -0.2) is 28.4 Å². The molecule has 0 radical (unpaired) electrons. The van der Waals surface area contributed by atoms with Crippen molar-refractivity contribution in [2.45, 2.75) is 13.8 Å². The Kier molecular flexibility index (Phi) is 5.49. The molecular weight excluding hydrogens is 400 g/mol. The first-order valence-electron chi connectivity index (χ1n) is 9.45. The molecule has 0 saturated heterocycles. The highest BCUT2D eigenvalue weighted by Crippen LogP contribution is 2.31. The van der Waals surface area contributed by atoms with Gasteiger partial charge in [-0.05, 0) is 56.3 Å². The van der Waals surface area contributed by atoms with E-state index in [1.807, 2.05) is 48.0 Å². The fourth-order valence-corrected chi connectivity index (χ4v) is 4.10. The number of aromatic nitrogens is 2. The van der Waals surface area contributed by atoms with Crippen molar-refractivity contribution in [1.82, 2.24) is 9.78 Å². The zero-order valence-corrected chi connectivity index (χ0v) is 17.3. The minimum Gasteiger partial charge on any atom is -0.450 e. The average Bonchev–Trinajstić information content (AvgIpc) is 3.31. The summed E-state index contributed by atoms with van der Waals surface area (Å²) in [4.78, 5) is 25.8. The van der Waals surface area contributed by atoms with Crippen molar-refractivity contribution >= 4 is 44.9 Å². The quantitative estimate of drug-likeness (QED) is 0.464. The molecule has 0 unspecified atom stereocenters. The van der Waals surface area contributed by atoms with Gasteiger partial charge in [0.2, 0.25) is 0 Å². The van der Waals surface area contributed by atoms with Gasteiger partial charge in [-0.2, -0.15) is 5.10 Å². The van der Waals surface area contributed by atoms with Crippen LogP contribution in [0.2, 0.25) is 0 Å². The van der Waals surface area contributed by atoms with E-state index in [-0.39, 0.29) is 5.91 Å². The van der Waals surface area contributed by atoms with Gasteiger partial charge < -0.3 is 10.1 Å². The van der Waals surface area contributed by atoms with Crippen LogP contribution < -0.4 is 10.6 Å². The molecule has 4 aromatic rings. The van der Waals surface area contributed by atoms with Crippen molar-refractivity contribution in [3.05, 3.63) is 71.2 Å². The number of amides is 2. The van der Waals surface area contributed by atoms with Crippen LogP contribution in [0.15, 0.2) is 60.7 Å². The third-order valence-electron chi connectivity index (χ3n) is 4.43. The largest absolute Gasteiger partial charge is 0.450 e. The molecule has 152 valence electrons. The normalized spacial score (nSPS) is 10.7. The molecule has 2 amide bonds. The number of fused-ring (bicyclic) bond motifs is 1. The Bertz CT molecular complexity index is 1200. The fraction of sp³-hybridized carbons (Fsp3) is 0.136. The highest BCUT2D eigenvalue weighted by molar-refractivity contribution is 7.20. The van der Waals surface area contributed by atoms with Gasteiger partial charge in [-0.25, -0.2) is 9.48 Å². The highest BCUT2D eigenvalue weighted by atomic mass is 32.1. The number of nitrogens with zero attached hydrogens (tertiary/aromatic N) is 2. The van der Waals surface area contributed by atoms with Gasteiger partial charge in [-0.3, -0.25) is 10.1 Å². The summed E-state index contributed by atoms with van der Waals surface area (Å²) in [6.07, 6.45) is -0.512. The lowest BCUT2D eigenvalue weighted by Gasteiger charge is -2.07. The van der Waals surface area contributed by atoms with Crippen LogP contribution in [0.25, 0.3) is 15.9 Å². The lowest BCUT2D eigenvalue weighted by atomic mass is 10.2. The first-order chi connectivity index (χ1) is 14.5. The predicted molar refractivity (Wildman–Crippen MR) is 119 cm³/mol. The summed E-state index contributed by atoms with van der Waals surface area (Å²) < 4.78 is 6.71. The molecule has 0 saturated carbocycles. The molecule has 7 nitrogen and oxygen atoms in total. The van der Waals surface area contributed by atoms with Crippen LogP contribution in [0.4, 0.5) is 16.2 Å². The van der Waals surface area contributed by atoms with Gasteiger partial charge in [0.25, 0.3) is 5.91 Å². The minimum absolute atomic E-state index is 0.193. The number of hydrogen-bond donors (Lipinski definition) is 2. The highest BCUT2D eigenvalue weighted by Gasteiger charge is 2.17. The number of aryl methyl sites for hydroxylation is 1. The first-order valence-corrected chi connectivity index (χ1v) is 10.3. The summed E-state index contributed by atoms with van der Waals surface area (Å²) in [5, 5.41) is 11.1. The number of carbonyl (C=O) groups excluding carboxylic acids is 2. The maximum absolute atomic E-state index is 12.8. The molecule has 8 heteroatoms. The molecule has 2 aromatic carbocycles. The maximum atomic E-state index is 12.8. The minimum atomic E-state index is -0.512. The predicted octanol–water partition coefficient (Wildman–Crippen LogP) is 5.22. The van der Waals surface area contributed by atoms with Crippen LogP contribution in [0, 0.1) is 6.92 Å². The van der Waals surface area contributed by atoms with Gasteiger partial charge in [0, 0.05) is 16.8 Å². The zero-order valence-electron chi connectivity index (χ0n) is 16.5. The number of ether oxygens (including phenoxy) is 1. The first kappa shape index (κ1) is 19.7. The standard InChI is InChI=1S/C22H20N4O3S/c1-3-29-22(28)24-16-11-9-15(10-12-16)23-20(27)19-13-18-14(2)25-26(21(18)30-19)17-7-5-4-6-8-17/h4-13H,3H2,1-2H3,(H,23,27)(H,24,28). The number of anilines is 2. The Morgan fingerprint density at radius 2 is 1.70 bits per heavy atom. The van der Waals surface area contributed by atoms with Crippen LogP contribution in [-0.2, 0) is 4.74 Å². The third-order valence-corrected chi connectivity index (χ3v) is 5.54. The molecule has 0 spiro atoms. The van der Waals surface area contributed by atoms with Gasteiger partial charge in [0.15, 0.2) is 0 Å². The van der Waals surface area contributed by atoms with Gasteiger partial charge in [0.05, 0.1) is 22.9 Å². The van der Waals surface area contributed by atoms with Gasteiger partial charge in [-0.15, -0.1) is 11.3 Å². The summed E-state index contributed by atoms with van der Waals surface area (Å²) in [7, 11) is 0. The van der Waals surface area contributed by atoms with E-state index in [0.717, 1.165) is 21.6 Å². The number of nitrogens with one attached hydrogen (secondary N) is 2. The van der Waals surface area contributed by atoms with E-state index in [1.165, 1.54) is 11.3 Å². The molecule has 0 aliphatic carbocycles. The van der Waals surface area contributed by atoms with Crippen LogP contribution in [0.3, 0.4) is 0 Å². The smallest absolute Gasteiger partial charge is 0.411 e. The zero-order chi connectivity index (χ0) is 21.1. The molecule has 2 aromatic heterocycles. The molecule has 0 fully saturated rings. The fourth-order valence-electron chi connectivity index (χ4n) is 3.02. The average molecular weight is 420 g/mol. The lowest BCUT2D eigenvalue weighted by molar-refractivity contribution is 0.103. The van der Waals surface area contributed by atoms with Crippen molar-refractivity contribution in [3.8, 4) is 5.69 Å². The maximum Gasteiger partial charge on any atom is 0.411 e. The Balaban J connectivity index is 1.52. The molecular formula is C22H20N4O3S. The molecule has 0 aliphatic heterocycles. The molecule has 0 aliphatic rings. The number of para-hydroxylation sites is 1. The number of rotatable bonds is 5. The van der Waals surface area contributed by atoms with Gasteiger partial charge in [0.1, 0.15) is 4.83 Å². The van der Waals surface area contributed by atoms with E-state index in [2.05, 4.69) is 15.7 Å². The summed E-state index contributed by atoms with van der Waals surface area (Å²) >= 11 is 1.40. The summed E-state index contributed by atoms with van der Waals surface area (Å²) in [5.41, 5.74) is 3.05. The van der Waals surface area contributed by atoms with E-state index in [0.29, 0.717) is 22.9 Å². The molecule has 0 atom stereocenters. The van der Waals surface area contributed by atoms with E-state index in [1.54, 1.807) is 31.2 Å². The van der Waals surface area contributed by atoms with E-state index >= 15 is 0 Å². The third kappa shape index (κ3) is 4.04. The van der Waals surface area contributed by atoms with Crippen molar-refractivity contribution in [2.24, 2.45) is 0 Å². The monoisotopic (exact) mass is 420 g/mol. The number of thiophene rings is 1. The Hall–Kier alpha value is -3.65. The molecule has 2 N–H and O–H groups in total. The summed E-state index contributed by atoms with van der Waals surface area (Å²) in [5.74, 6) is -0.193. The van der Waals surface area contributed by atoms with E-state index < -0.39 is 6.09 Å².